The van der Waals surface area contributed by atoms with E-state index in [0.717, 1.165) is 5.56 Å². The average molecular weight is 171 g/mol. The van der Waals surface area contributed by atoms with E-state index in [0.29, 0.717) is 5.90 Å². The largest absolute Gasteiger partial charge is 0.446 e. The smallest absolute Gasteiger partial charge is 0.225 e. The number of rotatable bonds is 1. The molecule has 0 atom stereocenters. The molecule has 0 aliphatic carbocycles. The lowest BCUT2D eigenvalue weighted by molar-refractivity contribution is 0.475. The molecule has 0 saturated carbocycles. The molecular weight excluding hydrogens is 162 g/mol. The minimum absolute atomic E-state index is 0.630. The topological polar surface area (TPSA) is 21.6 Å². The van der Waals surface area contributed by atoms with Crippen LogP contribution in [-0.2, 0) is 4.74 Å². The minimum atomic E-state index is 0.630. The molecule has 0 unspecified atom stereocenters. The van der Waals surface area contributed by atoms with Crippen molar-refractivity contribution in [1.82, 2.24) is 0 Å². The van der Waals surface area contributed by atoms with Crippen LogP contribution in [0.4, 0.5) is 0 Å². The fourth-order valence-electron chi connectivity index (χ4n) is 1.06. The summed E-state index contributed by atoms with van der Waals surface area (Å²) in [6.07, 6.45) is 6.97. The molecule has 2 rings (SSSR count). The van der Waals surface area contributed by atoms with E-state index >= 15 is 0 Å². The summed E-state index contributed by atoms with van der Waals surface area (Å²) in [7, 11) is 0. The number of hydrogen-bond donors (Lipinski definition) is 0. The Kier molecular flexibility index (Phi) is 2.23. The van der Waals surface area contributed by atoms with Crippen LogP contribution in [0.15, 0.2) is 59.9 Å². The highest BCUT2D eigenvalue weighted by molar-refractivity contribution is 5.94. The van der Waals surface area contributed by atoms with Gasteiger partial charge in [-0.1, -0.05) is 18.2 Å². The molecule has 64 valence electrons. The highest BCUT2D eigenvalue weighted by Gasteiger charge is 2.01. The van der Waals surface area contributed by atoms with Gasteiger partial charge >= 0.3 is 0 Å². The van der Waals surface area contributed by atoms with Gasteiger partial charge in [-0.2, -0.15) is 0 Å². The van der Waals surface area contributed by atoms with Crippen molar-refractivity contribution in [3.8, 4) is 0 Å². The second-order valence-electron chi connectivity index (χ2n) is 2.59. The number of allylic oxidation sites excluding steroid dienone is 2. The van der Waals surface area contributed by atoms with Gasteiger partial charge in [-0.25, -0.2) is 4.99 Å². The molecule has 1 heterocycles. The van der Waals surface area contributed by atoms with Crippen molar-refractivity contribution in [2.45, 2.75) is 0 Å². The third-order valence-electron chi connectivity index (χ3n) is 1.67. The predicted octanol–water partition coefficient (Wildman–Crippen LogP) is 2.49. The SMILES string of the molecule is C1=CN=C(c2ccccc2)OC=C1. The van der Waals surface area contributed by atoms with Crippen molar-refractivity contribution in [2.24, 2.45) is 4.99 Å². The quantitative estimate of drug-likeness (QED) is 0.636. The van der Waals surface area contributed by atoms with Crippen LogP contribution < -0.4 is 0 Å². The predicted molar refractivity (Wildman–Crippen MR) is 52.3 cm³/mol. The zero-order chi connectivity index (χ0) is 8.93. The average Bonchev–Trinajstić information content (AvgIpc) is 2.47. The van der Waals surface area contributed by atoms with Crippen molar-refractivity contribution in [2.75, 3.05) is 0 Å². The Hall–Kier alpha value is -1.83. The molecule has 1 aromatic carbocycles. The summed E-state index contributed by atoms with van der Waals surface area (Å²) in [6, 6.07) is 9.81. The highest BCUT2D eigenvalue weighted by Crippen LogP contribution is 2.05. The third kappa shape index (κ3) is 1.85. The van der Waals surface area contributed by atoms with E-state index < -0.39 is 0 Å². The Balaban J connectivity index is 2.32. The first-order valence-corrected chi connectivity index (χ1v) is 4.08. The molecular formula is C11H9NO. The van der Waals surface area contributed by atoms with Crippen molar-refractivity contribution in [1.29, 1.82) is 0 Å². The van der Waals surface area contributed by atoms with Gasteiger partial charge in [-0.3, -0.25) is 0 Å². The van der Waals surface area contributed by atoms with Crippen LogP contribution in [0.3, 0.4) is 0 Å². The number of nitrogens with zero attached hydrogens (tertiary/aromatic N) is 1. The van der Waals surface area contributed by atoms with Crippen molar-refractivity contribution >= 4 is 5.90 Å². The maximum absolute atomic E-state index is 5.30. The van der Waals surface area contributed by atoms with E-state index in [4.69, 9.17) is 4.74 Å². The zero-order valence-electron chi connectivity index (χ0n) is 7.05. The Morgan fingerprint density at radius 1 is 1.00 bits per heavy atom. The first kappa shape index (κ1) is 7.80. The maximum atomic E-state index is 5.30. The molecule has 1 aromatic rings. The number of ether oxygens (including phenoxy) is 1. The van der Waals surface area contributed by atoms with Crippen LogP contribution >= 0.6 is 0 Å². The molecule has 0 spiro atoms. The second kappa shape index (κ2) is 3.72. The van der Waals surface area contributed by atoms with E-state index in [1.165, 1.54) is 0 Å². The minimum Gasteiger partial charge on any atom is -0.446 e. The van der Waals surface area contributed by atoms with Crippen LogP contribution in [0.1, 0.15) is 5.56 Å². The van der Waals surface area contributed by atoms with E-state index in [1.54, 1.807) is 18.5 Å². The summed E-state index contributed by atoms with van der Waals surface area (Å²) >= 11 is 0. The van der Waals surface area contributed by atoms with E-state index in [2.05, 4.69) is 4.99 Å². The Labute approximate surface area is 76.9 Å². The first-order valence-electron chi connectivity index (χ1n) is 4.08. The van der Waals surface area contributed by atoms with Crippen molar-refractivity contribution < 1.29 is 4.74 Å². The van der Waals surface area contributed by atoms with Crippen molar-refractivity contribution in [3.05, 3.63) is 60.5 Å². The molecule has 1 aliphatic heterocycles. The fourth-order valence-corrected chi connectivity index (χ4v) is 1.06. The Morgan fingerprint density at radius 3 is 2.69 bits per heavy atom. The van der Waals surface area contributed by atoms with Gasteiger partial charge in [0, 0.05) is 11.8 Å². The summed E-state index contributed by atoms with van der Waals surface area (Å²) in [4.78, 5) is 4.14. The maximum Gasteiger partial charge on any atom is 0.225 e. The molecule has 0 bridgehead atoms. The number of hydrogen-bond acceptors (Lipinski definition) is 2. The van der Waals surface area contributed by atoms with Crippen LogP contribution in [0.25, 0.3) is 0 Å². The lowest BCUT2D eigenvalue weighted by atomic mass is 10.2. The van der Waals surface area contributed by atoms with Gasteiger partial charge in [0.15, 0.2) is 0 Å². The van der Waals surface area contributed by atoms with Gasteiger partial charge in [-0.05, 0) is 24.3 Å². The van der Waals surface area contributed by atoms with Crippen LogP contribution in [0.5, 0.6) is 0 Å². The molecule has 2 heteroatoms. The summed E-state index contributed by atoms with van der Waals surface area (Å²) < 4.78 is 5.30. The summed E-state index contributed by atoms with van der Waals surface area (Å²) in [6.45, 7) is 0. The summed E-state index contributed by atoms with van der Waals surface area (Å²) in [5.41, 5.74) is 0.985. The van der Waals surface area contributed by atoms with Crippen LogP contribution in [0.2, 0.25) is 0 Å². The van der Waals surface area contributed by atoms with Gasteiger partial charge in [0.25, 0.3) is 0 Å². The van der Waals surface area contributed by atoms with Crippen molar-refractivity contribution in [3.63, 3.8) is 0 Å². The van der Waals surface area contributed by atoms with E-state index in [-0.39, 0.29) is 0 Å². The molecule has 0 aromatic heterocycles. The lowest BCUT2D eigenvalue weighted by Gasteiger charge is -2.01. The first-order chi connectivity index (χ1) is 6.47. The molecule has 2 nitrogen and oxygen atoms in total. The summed E-state index contributed by atoms with van der Waals surface area (Å²) in [5, 5.41) is 0. The zero-order valence-corrected chi connectivity index (χ0v) is 7.05. The lowest BCUT2D eigenvalue weighted by Crippen LogP contribution is -2.00. The molecule has 0 fully saturated rings. The molecule has 0 amide bonds. The normalized spacial score (nSPS) is 14.6. The van der Waals surface area contributed by atoms with Gasteiger partial charge in [-0.15, -0.1) is 0 Å². The molecule has 0 radical (unpaired) electrons. The summed E-state index contributed by atoms with van der Waals surface area (Å²) in [5.74, 6) is 0.630. The highest BCUT2D eigenvalue weighted by atomic mass is 16.5. The van der Waals surface area contributed by atoms with Crippen LogP contribution in [-0.4, -0.2) is 5.90 Å². The van der Waals surface area contributed by atoms with E-state index in [1.807, 2.05) is 36.4 Å². The molecule has 13 heavy (non-hydrogen) atoms. The Bertz CT molecular complexity index is 363. The van der Waals surface area contributed by atoms with Gasteiger partial charge in [0.1, 0.15) is 0 Å². The van der Waals surface area contributed by atoms with Gasteiger partial charge in [0.2, 0.25) is 5.90 Å². The third-order valence-corrected chi connectivity index (χ3v) is 1.67. The number of benzene rings is 1. The van der Waals surface area contributed by atoms with Gasteiger partial charge < -0.3 is 4.74 Å². The second-order valence-corrected chi connectivity index (χ2v) is 2.59. The molecule has 1 aliphatic rings. The Morgan fingerprint density at radius 2 is 1.85 bits per heavy atom. The van der Waals surface area contributed by atoms with Crippen LogP contribution in [0, 0.1) is 0 Å². The monoisotopic (exact) mass is 171 g/mol. The molecule has 0 saturated heterocycles. The van der Waals surface area contributed by atoms with Gasteiger partial charge in [0.05, 0.1) is 6.26 Å². The number of aliphatic imine (C=N–C) groups is 1. The standard InChI is InChI=1S/C11H9NO/c1-2-6-10(7-3-1)11-12-8-4-5-9-13-11/h1-9H. The van der Waals surface area contributed by atoms with E-state index in [9.17, 15) is 0 Å². The molecule has 0 N–H and O–H groups in total. The fraction of sp³-hybridized carbons (Fsp3) is 0.